The van der Waals surface area contributed by atoms with Gasteiger partial charge >= 0.3 is 6.09 Å². The van der Waals surface area contributed by atoms with Crippen LogP contribution in [0.25, 0.3) is 0 Å². The number of halogens is 1. The molecule has 0 aromatic carbocycles. The highest BCUT2D eigenvalue weighted by Crippen LogP contribution is 2.02. The number of hydrogen-bond donors (Lipinski definition) is 0. The summed E-state index contributed by atoms with van der Waals surface area (Å²) in [5.74, 6) is 0.636. The zero-order valence-corrected chi connectivity index (χ0v) is 7.54. The minimum atomic E-state index is -0.419. The van der Waals surface area contributed by atoms with E-state index in [1.54, 1.807) is 12.4 Å². The first-order valence-corrected chi connectivity index (χ1v) is 4.08. The van der Waals surface area contributed by atoms with Gasteiger partial charge in [-0.1, -0.05) is 15.9 Å². The molecule has 1 aromatic heterocycles. The Hall–Kier alpha value is -0.840. The van der Waals surface area contributed by atoms with Gasteiger partial charge in [-0.05, 0) is 0 Å². The first kappa shape index (κ1) is 8.26. The number of aromatic nitrogens is 2. The lowest BCUT2D eigenvalue weighted by atomic mass is 10.7. The molecule has 0 unspecified atom stereocenters. The summed E-state index contributed by atoms with van der Waals surface area (Å²) >= 11 is 3.19. The fraction of sp³-hybridized carbons (Fsp3) is 0.333. The van der Waals surface area contributed by atoms with Crippen LogP contribution >= 0.6 is 15.9 Å². The number of alkyl halides is 1. The molecule has 0 aliphatic heterocycles. The van der Waals surface area contributed by atoms with Gasteiger partial charge in [0.25, 0.3) is 0 Å². The van der Waals surface area contributed by atoms with E-state index in [0.717, 1.165) is 0 Å². The lowest BCUT2D eigenvalue weighted by Gasteiger charge is -2.00. The molecular weight excluding hydrogens is 212 g/mol. The van der Waals surface area contributed by atoms with E-state index in [1.165, 1.54) is 11.7 Å². The molecule has 1 heterocycles. The molecule has 0 saturated carbocycles. The van der Waals surface area contributed by atoms with E-state index in [-0.39, 0.29) is 0 Å². The minimum absolute atomic E-state index is 0.419. The highest BCUT2D eigenvalue weighted by molar-refractivity contribution is 9.08. The van der Waals surface area contributed by atoms with Gasteiger partial charge in [0.1, 0.15) is 5.82 Å². The van der Waals surface area contributed by atoms with Crippen molar-refractivity contribution in [1.82, 2.24) is 9.55 Å². The average molecular weight is 219 g/mol. The molecule has 5 heteroatoms. The van der Waals surface area contributed by atoms with Gasteiger partial charge in [-0.2, -0.15) is 0 Å². The third kappa shape index (κ3) is 1.59. The number of imidazole rings is 1. The van der Waals surface area contributed by atoms with E-state index in [4.69, 9.17) is 0 Å². The van der Waals surface area contributed by atoms with Crippen LogP contribution in [0, 0.1) is 0 Å². The van der Waals surface area contributed by atoms with Crippen molar-refractivity contribution < 1.29 is 9.53 Å². The van der Waals surface area contributed by atoms with Crippen molar-refractivity contribution in [1.29, 1.82) is 0 Å². The number of carbonyl (C=O) groups is 1. The fourth-order valence-corrected chi connectivity index (χ4v) is 1.11. The predicted octanol–water partition coefficient (Wildman–Crippen LogP) is 1.39. The van der Waals surface area contributed by atoms with Crippen LogP contribution in [0.1, 0.15) is 5.82 Å². The summed E-state index contributed by atoms with van der Waals surface area (Å²) < 4.78 is 5.84. The second-order valence-electron chi connectivity index (χ2n) is 1.82. The number of methoxy groups -OCH3 is 1. The zero-order valence-electron chi connectivity index (χ0n) is 5.95. The average Bonchev–Trinajstić information content (AvgIpc) is 2.50. The maximum absolute atomic E-state index is 10.9. The van der Waals surface area contributed by atoms with Crippen LogP contribution in [-0.4, -0.2) is 22.8 Å². The van der Waals surface area contributed by atoms with Gasteiger partial charge in [0.05, 0.1) is 12.4 Å². The molecule has 0 atom stereocenters. The molecular formula is C6H7BrN2O2. The third-order valence-electron chi connectivity index (χ3n) is 1.21. The molecule has 0 bridgehead atoms. The SMILES string of the molecule is COC(=O)n1ccnc1CBr. The normalized spacial score (nSPS) is 9.64. The van der Waals surface area contributed by atoms with Crippen molar-refractivity contribution in [2.45, 2.75) is 5.33 Å². The maximum atomic E-state index is 10.9. The minimum Gasteiger partial charge on any atom is -0.452 e. The summed E-state index contributed by atoms with van der Waals surface area (Å²) in [6, 6.07) is 0. The van der Waals surface area contributed by atoms with Crippen molar-refractivity contribution >= 4 is 22.0 Å². The Bertz CT molecular complexity index is 259. The second kappa shape index (κ2) is 3.52. The van der Waals surface area contributed by atoms with Crippen LogP contribution in [0.3, 0.4) is 0 Å². The van der Waals surface area contributed by atoms with Crippen LogP contribution < -0.4 is 0 Å². The van der Waals surface area contributed by atoms with Crippen LogP contribution in [0.5, 0.6) is 0 Å². The highest BCUT2D eigenvalue weighted by atomic mass is 79.9. The second-order valence-corrected chi connectivity index (χ2v) is 2.38. The molecule has 11 heavy (non-hydrogen) atoms. The van der Waals surface area contributed by atoms with E-state index in [9.17, 15) is 4.79 Å². The van der Waals surface area contributed by atoms with Crippen molar-refractivity contribution in [3.05, 3.63) is 18.2 Å². The lowest BCUT2D eigenvalue weighted by Crippen LogP contribution is -2.12. The largest absolute Gasteiger partial charge is 0.452 e. The number of ether oxygens (including phenoxy) is 1. The van der Waals surface area contributed by atoms with Gasteiger partial charge in [0, 0.05) is 12.4 Å². The molecule has 0 aliphatic carbocycles. The summed E-state index contributed by atoms with van der Waals surface area (Å²) in [5.41, 5.74) is 0. The molecule has 60 valence electrons. The maximum Gasteiger partial charge on any atom is 0.419 e. The topological polar surface area (TPSA) is 44.1 Å². The fourth-order valence-electron chi connectivity index (χ4n) is 0.698. The number of nitrogens with zero attached hydrogens (tertiary/aromatic N) is 2. The quantitative estimate of drug-likeness (QED) is 0.670. The molecule has 1 aromatic rings. The van der Waals surface area contributed by atoms with Crippen LogP contribution in [0.4, 0.5) is 4.79 Å². The van der Waals surface area contributed by atoms with Gasteiger partial charge in [0.2, 0.25) is 0 Å². The van der Waals surface area contributed by atoms with E-state index in [1.807, 2.05) is 0 Å². The summed E-state index contributed by atoms with van der Waals surface area (Å²) in [5, 5.41) is 0.537. The van der Waals surface area contributed by atoms with Crippen LogP contribution in [-0.2, 0) is 10.1 Å². The Morgan fingerprint density at radius 3 is 3.18 bits per heavy atom. The van der Waals surface area contributed by atoms with Crippen molar-refractivity contribution in [2.75, 3.05) is 7.11 Å². The summed E-state index contributed by atoms with van der Waals surface area (Å²) in [6.45, 7) is 0. The van der Waals surface area contributed by atoms with Crippen LogP contribution in [0.15, 0.2) is 12.4 Å². The summed E-state index contributed by atoms with van der Waals surface area (Å²) in [7, 11) is 1.33. The smallest absolute Gasteiger partial charge is 0.419 e. The Morgan fingerprint density at radius 1 is 1.91 bits per heavy atom. The van der Waals surface area contributed by atoms with Gasteiger partial charge in [0.15, 0.2) is 0 Å². The first-order valence-electron chi connectivity index (χ1n) is 2.96. The van der Waals surface area contributed by atoms with E-state index < -0.39 is 6.09 Å². The predicted molar refractivity (Wildman–Crippen MR) is 42.7 cm³/mol. The van der Waals surface area contributed by atoms with Gasteiger partial charge in [-0.3, -0.25) is 0 Å². The Morgan fingerprint density at radius 2 is 2.64 bits per heavy atom. The van der Waals surface area contributed by atoms with Crippen LogP contribution in [0.2, 0.25) is 0 Å². The molecule has 0 spiro atoms. The standard InChI is InChI=1S/C6H7BrN2O2/c1-11-6(10)9-3-2-8-5(9)4-7/h2-3H,4H2,1H3. The first-order chi connectivity index (χ1) is 5.29. The van der Waals surface area contributed by atoms with Gasteiger partial charge in [-0.25, -0.2) is 14.3 Å². The highest BCUT2D eigenvalue weighted by Gasteiger charge is 2.07. The number of hydrogen-bond acceptors (Lipinski definition) is 3. The zero-order chi connectivity index (χ0) is 8.27. The third-order valence-corrected chi connectivity index (χ3v) is 1.71. The molecule has 0 N–H and O–H groups in total. The Balaban J connectivity index is 2.92. The molecule has 0 radical (unpaired) electrons. The van der Waals surface area contributed by atoms with Crippen molar-refractivity contribution in [2.24, 2.45) is 0 Å². The van der Waals surface area contributed by atoms with E-state index in [0.29, 0.717) is 11.2 Å². The summed E-state index contributed by atoms with van der Waals surface area (Å²) in [4.78, 5) is 14.9. The monoisotopic (exact) mass is 218 g/mol. The Kier molecular flexibility index (Phi) is 2.64. The van der Waals surface area contributed by atoms with Crippen molar-refractivity contribution in [3.8, 4) is 0 Å². The molecule has 0 aliphatic rings. The van der Waals surface area contributed by atoms with Gasteiger partial charge < -0.3 is 4.74 Å². The molecule has 4 nitrogen and oxygen atoms in total. The van der Waals surface area contributed by atoms with Gasteiger partial charge in [-0.15, -0.1) is 0 Å². The number of carbonyl (C=O) groups excluding carboxylic acids is 1. The van der Waals surface area contributed by atoms with E-state index in [2.05, 4.69) is 25.7 Å². The lowest BCUT2D eigenvalue weighted by molar-refractivity contribution is 0.172. The van der Waals surface area contributed by atoms with E-state index >= 15 is 0 Å². The molecule has 0 amide bonds. The Labute approximate surface area is 72.3 Å². The molecule has 0 fully saturated rings. The number of rotatable bonds is 1. The van der Waals surface area contributed by atoms with Crippen molar-refractivity contribution in [3.63, 3.8) is 0 Å². The summed E-state index contributed by atoms with van der Waals surface area (Å²) in [6.07, 6.45) is 2.69. The molecule has 0 saturated heterocycles. The molecule has 1 rings (SSSR count).